The maximum atomic E-state index is 14.3. The van der Waals surface area contributed by atoms with Crippen molar-refractivity contribution in [1.29, 1.82) is 0 Å². The zero-order valence-corrected chi connectivity index (χ0v) is 35.0. The minimum absolute atomic E-state index is 0.0786. The number of rotatable bonds is 26. The Hall–Kier alpha value is -4.25. The highest BCUT2D eigenvalue weighted by molar-refractivity contribution is 5.98. The monoisotopic (exact) mass is 821 g/mol. The molecular weight excluding hydrogens is 759 g/mol. The molecule has 3 aromatic rings. The van der Waals surface area contributed by atoms with Crippen molar-refractivity contribution in [2.75, 3.05) is 98.7 Å². The van der Waals surface area contributed by atoms with Crippen LogP contribution in [-0.4, -0.2) is 126 Å². The van der Waals surface area contributed by atoms with E-state index in [9.17, 15) is 14.7 Å². The Morgan fingerprint density at radius 2 is 1.34 bits per heavy atom. The second-order valence-electron chi connectivity index (χ2n) is 16.0. The fraction of sp³-hybridized carbons (Fsp3) is 0.614. The van der Waals surface area contributed by atoms with E-state index >= 15 is 0 Å². The molecule has 4 aliphatic rings. The van der Waals surface area contributed by atoms with Gasteiger partial charge in [-0.2, -0.15) is 5.10 Å². The lowest BCUT2D eigenvalue weighted by molar-refractivity contribution is -0.163. The predicted molar refractivity (Wildman–Crippen MR) is 223 cm³/mol. The van der Waals surface area contributed by atoms with E-state index in [1.807, 2.05) is 30.3 Å². The van der Waals surface area contributed by atoms with E-state index in [0.717, 1.165) is 42.6 Å². The summed E-state index contributed by atoms with van der Waals surface area (Å²) in [6, 6.07) is 13.3. The van der Waals surface area contributed by atoms with Crippen molar-refractivity contribution < 1.29 is 47.9 Å². The number of carboxylic acid groups (broad SMARTS) is 1. The standard InChI is InChI=1S/C44H63N5O10/c1-29(2)35-27-34(46-11-13-56-15-17-58-19-21-59-20-18-57-16-14-55-12-10-45)8-9-37(35)49-38(41-39(53-3)6-5-7-40(41)54-4)28-36(48-49)42(50)47-44(43(51)52)32-23-30-22-31(25-32)26-33(44)24-30/h5-9,27-33,46H,10-26,45H2,1-4H3,(H,47,50)(H,51,52). The zero-order chi connectivity index (χ0) is 41.8. The first-order valence-corrected chi connectivity index (χ1v) is 21.0. The molecule has 2 aromatic carbocycles. The van der Waals surface area contributed by atoms with Crippen LogP contribution in [0.4, 0.5) is 5.69 Å². The Morgan fingerprint density at radius 1 is 0.797 bits per heavy atom. The van der Waals surface area contributed by atoms with Gasteiger partial charge in [-0.05, 0) is 104 Å². The van der Waals surface area contributed by atoms with Crippen molar-refractivity contribution in [2.45, 2.75) is 57.4 Å². The van der Waals surface area contributed by atoms with E-state index in [1.165, 1.54) is 6.42 Å². The number of carboxylic acids is 1. The summed E-state index contributed by atoms with van der Waals surface area (Å²) in [6.07, 6.45) is 4.50. The van der Waals surface area contributed by atoms with E-state index in [4.69, 9.17) is 44.0 Å². The van der Waals surface area contributed by atoms with Gasteiger partial charge in [0.2, 0.25) is 0 Å². The second kappa shape index (κ2) is 21.3. The Kier molecular flexibility index (Phi) is 16.0. The number of aliphatic carboxylic acids is 1. The van der Waals surface area contributed by atoms with Gasteiger partial charge in [0.25, 0.3) is 5.91 Å². The topological polar surface area (TPSA) is 187 Å². The molecule has 4 saturated carbocycles. The van der Waals surface area contributed by atoms with Gasteiger partial charge in [0.05, 0.1) is 97.2 Å². The van der Waals surface area contributed by atoms with Crippen molar-refractivity contribution in [2.24, 2.45) is 29.4 Å². The summed E-state index contributed by atoms with van der Waals surface area (Å²) < 4.78 is 41.0. The number of nitrogens with two attached hydrogens (primary N) is 1. The molecule has 1 amide bonds. The van der Waals surface area contributed by atoms with Gasteiger partial charge in [0, 0.05) is 18.8 Å². The van der Waals surface area contributed by atoms with Gasteiger partial charge in [0.15, 0.2) is 5.69 Å². The molecule has 4 fully saturated rings. The minimum atomic E-state index is -1.31. The molecule has 59 heavy (non-hydrogen) atoms. The van der Waals surface area contributed by atoms with Crippen molar-refractivity contribution in [3.8, 4) is 28.4 Å². The first-order chi connectivity index (χ1) is 28.7. The fourth-order valence-corrected chi connectivity index (χ4v) is 9.40. The molecule has 1 heterocycles. The maximum absolute atomic E-state index is 14.3. The molecule has 0 saturated heterocycles. The average Bonchev–Trinajstić information content (AvgIpc) is 3.67. The largest absolute Gasteiger partial charge is 0.496 e. The first-order valence-electron chi connectivity index (χ1n) is 21.0. The Labute approximate surface area is 347 Å². The molecule has 4 bridgehead atoms. The highest BCUT2D eigenvalue weighted by Gasteiger charge is 2.62. The SMILES string of the molecule is COc1cccc(OC)c1-c1cc(C(=O)NC2(C(=O)O)C3CC4CC(C3)CC2C4)nn1-c1ccc(NCCOCCOCCOCCOCCOCCN)cc1C(C)C. The van der Waals surface area contributed by atoms with Crippen LogP contribution >= 0.6 is 0 Å². The van der Waals surface area contributed by atoms with Crippen LogP contribution in [0.2, 0.25) is 0 Å². The number of hydrogen-bond donors (Lipinski definition) is 4. The number of benzene rings is 2. The number of carbonyl (C=O) groups excluding carboxylic acids is 1. The number of aromatic nitrogens is 2. The van der Waals surface area contributed by atoms with Crippen molar-refractivity contribution in [1.82, 2.24) is 15.1 Å². The molecule has 4 aliphatic carbocycles. The van der Waals surface area contributed by atoms with E-state index in [2.05, 4.69) is 30.5 Å². The number of nitrogens with zero attached hydrogens (tertiary/aromatic N) is 2. The molecule has 1 aromatic heterocycles. The van der Waals surface area contributed by atoms with Crippen LogP contribution in [0.1, 0.15) is 67.9 Å². The molecular formula is C44H63N5O10. The van der Waals surface area contributed by atoms with Crippen LogP contribution in [0.5, 0.6) is 11.5 Å². The first kappa shape index (κ1) is 44.3. The minimum Gasteiger partial charge on any atom is -0.496 e. The summed E-state index contributed by atoms with van der Waals surface area (Å²) >= 11 is 0. The van der Waals surface area contributed by atoms with Crippen LogP contribution in [0, 0.1) is 23.7 Å². The summed E-state index contributed by atoms with van der Waals surface area (Å²) in [5, 5.41) is 22.2. The van der Waals surface area contributed by atoms with Gasteiger partial charge in [-0.25, -0.2) is 9.48 Å². The second-order valence-corrected chi connectivity index (χ2v) is 16.0. The number of methoxy groups -OCH3 is 2. The van der Waals surface area contributed by atoms with E-state index in [0.29, 0.717) is 114 Å². The molecule has 15 nitrogen and oxygen atoms in total. The average molecular weight is 822 g/mol. The zero-order valence-electron chi connectivity index (χ0n) is 35.0. The van der Waals surface area contributed by atoms with Crippen molar-refractivity contribution >= 4 is 17.6 Å². The lowest BCUT2D eigenvalue weighted by atomic mass is 9.48. The number of nitrogens with one attached hydrogen (secondary N) is 2. The Bertz CT molecular complexity index is 1780. The number of amides is 1. The lowest BCUT2D eigenvalue weighted by Gasteiger charge is -2.59. The number of anilines is 1. The van der Waals surface area contributed by atoms with Gasteiger partial charge in [-0.1, -0.05) is 19.9 Å². The normalized spacial score (nSPS) is 21.9. The molecule has 0 atom stereocenters. The van der Waals surface area contributed by atoms with E-state index in [1.54, 1.807) is 25.0 Å². The molecule has 324 valence electrons. The number of ether oxygens (including phenoxy) is 7. The van der Waals surface area contributed by atoms with Gasteiger partial charge in [0.1, 0.15) is 17.0 Å². The smallest absolute Gasteiger partial charge is 0.330 e. The molecule has 5 N–H and O–H groups in total. The summed E-state index contributed by atoms with van der Waals surface area (Å²) in [5.41, 5.74) is 8.07. The van der Waals surface area contributed by atoms with Crippen LogP contribution in [0.15, 0.2) is 42.5 Å². The third-order valence-corrected chi connectivity index (χ3v) is 11.9. The number of carbonyl (C=O) groups is 2. The molecule has 0 aliphatic heterocycles. The van der Waals surface area contributed by atoms with Crippen LogP contribution in [-0.2, 0) is 28.5 Å². The van der Waals surface area contributed by atoms with Crippen LogP contribution in [0.25, 0.3) is 16.9 Å². The van der Waals surface area contributed by atoms with Crippen LogP contribution < -0.4 is 25.8 Å². The Balaban J connectivity index is 1.10. The van der Waals surface area contributed by atoms with Gasteiger partial charge in [-0.15, -0.1) is 0 Å². The molecule has 7 rings (SSSR count). The molecule has 0 radical (unpaired) electrons. The van der Waals surface area contributed by atoms with Crippen LogP contribution in [0.3, 0.4) is 0 Å². The number of hydrogen-bond acceptors (Lipinski definition) is 12. The highest BCUT2D eigenvalue weighted by Crippen LogP contribution is 2.58. The summed E-state index contributed by atoms with van der Waals surface area (Å²) in [6.45, 7) is 10.3. The summed E-state index contributed by atoms with van der Waals surface area (Å²) in [7, 11) is 3.18. The van der Waals surface area contributed by atoms with Crippen molar-refractivity contribution in [3.05, 3.63) is 53.7 Å². The van der Waals surface area contributed by atoms with E-state index < -0.39 is 17.4 Å². The highest BCUT2D eigenvalue weighted by atomic mass is 16.6. The molecule has 15 heteroatoms. The van der Waals surface area contributed by atoms with Crippen molar-refractivity contribution in [3.63, 3.8) is 0 Å². The summed E-state index contributed by atoms with van der Waals surface area (Å²) in [4.78, 5) is 27.5. The third-order valence-electron chi connectivity index (χ3n) is 11.9. The van der Waals surface area contributed by atoms with Gasteiger partial charge in [-0.3, -0.25) is 4.79 Å². The lowest BCUT2D eigenvalue weighted by Crippen LogP contribution is -2.70. The summed E-state index contributed by atoms with van der Waals surface area (Å²) in [5.74, 6) is 0.611. The predicted octanol–water partition coefficient (Wildman–Crippen LogP) is 5.14. The maximum Gasteiger partial charge on any atom is 0.330 e. The van der Waals surface area contributed by atoms with E-state index in [-0.39, 0.29) is 23.4 Å². The van der Waals surface area contributed by atoms with Gasteiger partial charge >= 0.3 is 5.97 Å². The molecule has 0 unspecified atom stereocenters. The molecule has 0 spiro atoms. The fourth-order valence-electron chi connectivity index (χ4n) is 9.40. The third kappa shape index (κ3) is 10.6. The van der Waals surface area contributed by atoms with Gasteiger partial charge < -0.3 is 54.6 Å². The Morgan fingerprint density at radius 3 is 1.85 bits per heavy atom. The quantitative estimate of drug-likeness (QED) is 0.0781.